The molecule has 0 fully saturated rings. The predicted octanol–water partition coefficient (Wildman–Crippen LogP) is 1.31. The molecule has 136 valence electrons. The predicted molar refractivity (Wildman–Crippen MR) is 99.8 cm³/mol. The molecule has 0 saturated carbocycles. The van der Waals surface area contributed by atoms with Crippen molar-refractivity contribution in [3.05, 3.63) is 69.5 Å². The van der Waals surface area contributed by atoms with E-state index in [1.165, 1.54) is 22.8 Å². The quantitative estimate of drug-likeness (QED) is 0.198. The lowest BCUT2D eigenvalue weighted by Crippen LogP contribution is -2.42. The molecule has 0 saturated heterocycles. The number of aromatic nitrogens is 1. The number of thiocarbonyl (C=S) groups is 1. The molecular weight excluding hydrogens is 354 g/mol. The minimum atomic E-state index is -0.520. The summed E-state index contributed by atoms with van der Waals surface area (Å²) in [6.07, 6.45) is 3.23. The molecule has 1 aromatic heterocycles. The summed E-state index contributed by atoms with van der Waals surface area (Å²) in [6.45, 7) is 3.79. The van der Waals surface area contributed by atoms with E-state index in [1.807, 2.05) is 6.92 Å². The van der Waals surface area contributed by atoms with Crippen LogP contribution in [0.1, 0.15) is 23.6 Å². The number of rotatable bonds is 6. The van der Waals surface area contributed by atoms with Crippen LogP contribution >= 0.6 is 12.2 Å². The summed E-state index contributed by atoms with van der Waals surface area (Å²) in [6, 6.07) is 7.73. The molecule has 1 aromatic carbocycles. The highest BCUT2D eigenvalue weighted by Crippen LogP contribution is 2.23. The molecule has 0 unspecified atom stereocenters. The van der Waals surface area contributed by atoms with Crippen LogP contribution < -0.4 is 15.0 Å². The highest BCUT2D eigenvalue weighted by atomic mass is 32.1. The minimum absolute atomic E-state index is 0.126. The molecule has 2 aromatic rings. The molecule has 2 N–H and O–H groups in total. The van der Waals surface area contributed by atoms with Crippen LogP contribution in [0, 0.1) is 17.0 Å². The van der Waals surface area contributed by atoms with Crippen molar-refractivity contribution in [1.82, 2.24) is 5.32 Å². The molecule has 7 nitrogen and oxygen atoms in total. The first kappa shape index (κ1) is 19.5. The van der Waals surface area contributed by atoms with Crippen LogP contribution in [0.2, 0.25) is 0 Å². The highest BCUT2D eigenvalue weighted by molar-refractivity contribution is 7.81. The normalized spacial score (nSPS) is 11.7. The van der Waals surface area contributed by atoms with Crippen LogP contribution in [-0.2, 0) is 6.61 Å². The van der Waals surface area contributed by atoms with Gasteiger partial charge < -0.3 is 15.5 Å². The van der Waals surface area contributed by atoms with Crippen molar-refractivity contribution in [3.8, 4) is 0 Å². The average Bonchev–Trinajstić information content (AvgIpc) is 2.62. The largest absolute Gasteiger partial charge is 0.867 e. The molecular formula is C18H19N3O4S. The number of nitro groups is 1. The third kappa shape index (κ3) is 4.22. The van der Waals surface area contributed by atoms with Gasteiger partial charge in [-0.05, 0) is 31.2 Å². The summed E-state index contributed by atoms with van der Waals surface area (Å²) >= 11 is 5.34. The lowest BCUT2D eigenvalue weighted by molar-refractivity contribution is -0.578. The van der Waals surface area contributed by atoms with Crippen molar-refractivity contribution in [2.45, 2.75) is 20.5 Å². The average molecular weight is 373 g/mol. The van der Waals surface area contributed by atoms with E-state index in [0.29, 0.717) is 17.7 Å². The number of likely N-dealkylation sites (N-methyl/N-ethyl adjacent to an activating group) is 1. The van der Waals surface area contributed by atoms with Crippen LogP contribution in [0.15, 0.2) is 42.7 Å². The van der Waals surface area contributed by atoms with E-state index in [-0.39, 0.29) is 28.5 Å². The number of hydrogen-bond acceptors (Lipinski definition) is 5. The Bertz CT molecular complexity index is 880. The summed E-state index contributed by atoms with van der Waals surface area (Å²) in [5.74, 6) is -0.445. The zero-order valence-electron chi connectivity index (χ0n) is 14.4. The fourth-order valence-corrected chi connectivity index (χ4v) is 2.77. The number of pyridine rings is 1. The van der Waals surface area contributed by atoms with E-state index < -0.39 is 10.7 Å². The van der Waals surface area contributed by atoms with Gasteiger partial charge in [-0.1, -0.05) is 24.4 Å². The SMILES string of the molecule is CCNC(=S)/C(=C(/[O-])c1ccc(C)c([N+](=O)[O-])c1)[n+]1cccc(CO)c1. The number of aliphatic hydroxyl groups is 1. The molecule has 8 heteroatoms. The summed E-state index contributed by atoms with van der Waals surface area (Å²) in [5.41, 5.74) is 1.28. The molecule has 0 atom stereocenters. The molecule has 2 rings (SSSR count). The maximum atomic E-state index is 13.1. The second-order valence-electron chi connectivity index (χ2n) is 5.57. The van der Waals surface area contributed by atoms with Crippen molar-refractivity contribution in [3.63, 3.8) is 0 Å². The van der Waals surface area contributed by atoms with Crippen LogP contribution in [0.5, 0.6) is 0 Å². The molecule has 0 amide bonds. The second-order valence-corrected chi connectivity index (χ2v) is 5.98. The Kier molecular flexibility index (Phi) is 6.37. The summed E-state index contributed by atoms with van der Waals surface area (Å²) in [5, 5.41) is 36.5. The van der Waals surface area contributed by atoms with Gasteiger partial charge >= 0.3 is 0 Å². The Morgan fingerprint density at radius 2 is 2.12 bits per heavy atom. The third-order valence-electron chi connectivity index (χ3n) is 3.74. The molecule has 0 aliphatic heterocycles. The Balaban J connectivity index is 2.68. The van der Waals surface area contributed by atoms with Gasteiger partial charge in [-0.15, -0.1) is 0 Å². The van der Waals surface area contributed by atoms with E-state index in [4.69, 9.17) is 12.2 Å². The first-order chi connectivity index (χ1) is 12.4. The lowest BCUT2D eigenvalue weighted by atomic mass is 10.1. The summed E-state index contributed by atoms with van der Waals surface area (Å²) in [7, 11) is 0. The third-order valence-corrected chi connectivity index (χ3v) is 4.08. The van der Waals surface area contributed by atoms with Crippen LogP contribution in [0.3, 0.4) is 0 Å². The highest BCUT2D eigenvalue weighted by Gasteiger charge is 2.20. The van der Waals surface area contributed by atoms with Gasteiger partial charge in [0.15, 0.2) is 17.4 Å². The number of hydrogen-bond donors (Lipinski definition) is 2. The van der Waals surface area contributed by atoms with Crippen molar-refractivity contribution in [1.29, 1.82) is 0 Å². The Hall–Kier alpha value is -2.84. The van der Waals surface area contributed by atoms with Crippen LogP contribution in [-0.4, -0.2) is 21.6 Å². The Morgan fingerprint density at radius 1 is 1.38 bits per heavy atom. The van der Waals surface area contributed by atoms with Crippen LogP contribution in [0.4, 0.5) is 5.69 Å². The molecule has 0 radical (unpaired) electrons. The van der Waals surface area contributed by atoms with Gasteiger partial charge in [0.25, 0.3) is 5.69 Å². The van der Waals surface area contributed by atoms with Gasteiger partial charge in [0.05, 0.1) is 11.5 Å². The number of nitrogens with zero attached hydrogens (tertiary/aromatic N) is 2. The number of nitrogens with one attached hydrogen (secondary N) is 1. The molecule has 0 spiro atoms. The van der Waals surface area contributed by atoms with Crippen molar-refractivity contribution < 1.29 is 19.7 Å². The molecule has 1 heterocycles. The molecule has 0 aliphatic rings. The van der Waals surface area contributed by atoms with E-state index >= 15 is 0 Å². The fourth-order valence-electron chi connectivity index (χ4n) is 2.42. The van der Waals surface area contributed by atoms with Crippen molar-refractivity contribution in [2.75, 3.05) is 6.54 Å². The Morgan fingerprint density at radius 3 is 2.73 bits per heavy atom. The molecule has 0 aliphatic carbocycles. The smallest absolute Gasteiger partial charge is 0.272 e. The first-order valence-corrected chi connectivity index (χ1v) is 8.36. The zero-order valence-corrected chi connectivity index (χ0v) is 15.2. The number of benzene rings is 1. The van der Waals surface area contributed by atoms with E-state index in [1.54, 1.807) is 31.5 Å². The number of nitro benzene ring substituents is 1. The molecule has 0 bridgehead atoms. The minimum Gasteiger partial charge on any atom is -0.867 e. The van der Waals surface area contributed by atoms with Crippen LogP contribution in [0.25, 0.3) is 11.5 Å². The van der Waals surface area contributed by atoms with Gasteiger partial charge in [-0.25, -0.2) is 0 Å². The number of aliphatic hydroxyl groups excluding tert-OH is 1. The summed E-state index contributed by atoms with van der Waals surface area (Å²) in [4.78, 5) is 10.9. The Labute approximate surface area is 156 Å². The maximum absolute atomic E-state index is 13.1. The fraction of sp³-hybridized carbons (Fsp3) is 0.222. The summed E-state index contributed by atoms with van der Waals surface area (Å²) < 4.78 is 1.52. The monoisotopic (exact) mass is 373 g/mol. The van der Waals surface area contributed by atoms with Gasteiger partial charge in [-0.2, -0.15) is 4.57 Å². The van der Waals surface area contributed by atoms with Crippen molar-refractivity contribution >= 4 is 34.3 Å². The standard InChI is InChI=1S/C18H19N3O4S/c1-3-19-18(26)16(20-8-4-5-13(10-20)11-22)17(23)14-7-6-12(2)15(9-14)21(24)25/h4-10,22H,3,11H2,1-2H3,(H-,19,23,26). The van der Waals surface area contributed by atoms with E-state index in [2.05, 4.69) is 5.32 Å². The van der Waals surface area contributed by atoms with E-state index in [9.17, 15) is 20.3 Å². The second kappa shape index (κ2) is 8.50. The lowest BCUT2D eigenvalue weighted by Gasteiger charge is -2.17. The van der Waals surface area contributed by atoms with Gasteiger partial charge in [0.1, 0.15) is 0 Å². The van der Waals surface area contributed by atoms with Gasteiger partial charge in [0, 0.05) is 29.8 Å². The topological polar surface area (TPSA) is 102 Å². The number of aryl methyl sites for hydroxylation is 1. The molecule has 26 heavy (non-hydrogen) atoms. The zero-order chi connectivity index (χ0) is 19.3. The van der Waals surface area contributed by atoms with Crippen molar-refractivity contribution in [2.24, 2.45) is 0 Å². The van der Waals surface area contributed by atoms with Gasteiger partial charge in [0.2, 0.25) is 5.70 Å². The van der Waals surface area contributed by atoms with E-state index in [0.717, 1.165) is 0 Å². The first-order valence-electron chi connectivity index (χ1n) is 7.95. The maximum Gasteiger partial charge on any atom is 0.272 e. The van der Waals surface area contributed by atoms with Gasteiger partial charge in [-0.3, -0.25) is 10.1 Å².